The lowest BCUT2D eigenvalue weighted by Crippen LogP contribution is -2.32. The van der Waals surface area contributed by atoms with E-state index in [1.54, 1.807) is 7.11 Å². The Labute approximate surface area is 97.4 Å². The minimum Gasteiger partial charge on any atom is -0.496 e. The molecule has 2 rings (SSSR count). The summed E-state index contributed by atoms with van der Waals surface area (Å²) >= 11 is 0. The van der Waals surface area contributed by atoms with Gasteiger partial charge in [-0.3, -0.25) is 4.90 Å². The Hall–Kier alpha value is -1.06. The van der Waals surface area contributed by atoms with Gasteiger partial charge in [0, 0.05) is 24.7 Å². The molecule has 88 valence electrons. The van der Waals surface area contributed by atoms with E-state index in [0.29, 0.717) is 6.04 Å². The third kappa shape index (κ3) is 2.54. The molecule has 0 radical (unpaired) electrons. The Morgan fingerprint density at radius 1 is 1.44 bits per heavy atom. The Bertz CT molecular complexity index is 334. The summed E-state index contributed by atoms with van der Waals surface area (Å²) in [5.74, 6) is 0.986. The zero-order valence-electron chi connectivity index (χ0n) is 10.1. The van der Waals surface area contributed by atoms with E-state index in [4.69, 9.17) is 4.74 Å². The fraction of sp³-hybridized carbons (Fsp3) is 0.538. The number of nitrogens with one attached hydrogen (secondary N) is 1. The second-order valence-electron chi connectivity index (χ2n) is 4.37. The van der Waals surface area contributed by atoms with E-state index in [1.165, 1.54) is 12.0 Å². The van der Waals surface area contributed by atoms with Gasteiger partial charge < -0.3 is 10.1 Å². The van der Waals surface area contributed by atoms with Crippen molar-refractivity contribution in [2.75, 3.05) is 27.2 Å². The van der Waals surface area contributed by atoms with E-state index in [2.05, 4.69) is 29.4 Å². The van der Waals surface area contributed by atoms with Gasteiger partial charge in [-0.15, -0.1) is 0 Å². The first kappa shape index (κ1) is 11.4. The van der Waals surface area contributed by atoms with E-state index in [-0.39, 0.29) is 0 Å². The number of methoxy groups -OCH3 is 1. The topological polar surface area (TPSA) is 24.5 Å². The second kappa shape index (κ2) is 5.32. The molecular formula is C13H20N2O. The summed E-state index contributed by atoms with van der Waals surface area (Å²) in [6.45, 7) is 3.20. The van der Waals surface area contributed by atoms with Crippen molar-refractivity contribution in [2.24, 2.45) is 0 Å². The number of hydrogen-bond acceptors (Lipinski definition) is 3. The molecule has 0 aromatic heterocycles. The normalized spacial score (nSPS) is 20.3. The van der Waals surface area contributed by atoms with E-state index in [0.717, 1.165) is 25.4 Å². The van der Waals surface area contributed by atoms with E-state index < -0.39 is 0 Å². The maximum atomic E-state index is 5.37. The largest absolute Gasteiger partial charge is 0.496 e. The highest BCUT2D eigenvalue weighted by atomic mass is 16.5. The van der Waals surface area contributed by atoms with Gasteiger partial charge in [0.1, 0.15) is 5.75 Å². The number of likely N-dealkylation sites (N-methyl/N-ethyl adjacent to an activating group) is 1. The molecule has 1 saturated heterocycles. The third-order valence-corrected chi connectivity index (χ3v) is 3.27. The zero-order valence-corrected chi connectivity index (χ0v) is 10.1. The molecule has 1 aromatic carbocycles. The standard InChI is InChI=1S/C13H20N2O/c1-15(12-7-8-14-9-12)10-11-5-3-4-6-13(11)16-2/h3-6,12,14H,7-10H2,1-2H3. The van der Waals surface area contributed by atoms with E-state index in [1.807, 2.05) is 12.1 Å². The molecule has 0 amide bonds. The van der Waals surface area contributed by atoms with Crippen LogP contribution in [-0.2, 0) is 6.54 Å². The van der Waals surface area contributed by atoms with Crippen LogP contribution in [0, 0.1) is 0 Å². The van der Waals surface area contributed by atoms with Crippen molar-refractivity contribution in [2.45, 2.75) is 19.0 Å². The number of rotatable bonds is 4. The van der Waals surface area contributed by atoms with Crippen molar-refractivity contribution < 1.29 is 4.74 Å². The summed E-state index contributed by atoms with van der Waals surface area (Å²) < 4.78 is 5.37. The average Bonchev–Trinajstić information content (AvgIpc) is 2.83. The lowest BCUT2D eigenvalue weighted by Gasteiger charge is -2.24. The monoisotopic (exact) mass is 220 g/mol. The van der Waals surface area contributed by atoms with Crippen LogP contribution in [0.3, 0.4) is 0 Å². The molecule has 16 heavy (non-hydrogen) atoms. The highest BCUT2D eigenvalue weighted by molar-refractivity contribution is 5.33. The first-order valence-electron chi connectivity index (χ1n) is 5.84. The lowest BCUT2D eigenvalue weighted by molar-refractivity contribution is 0.245. The quantitative estimate of drug-likeness (QED) is 0.832. The Kier molecular flexibility index (Phi) is 3.80. The Morgan fingerprint density at radius 2 is 2.25 bits per heavy atom. The van der Waals surface area contributed by atoms with Gasteiger partial charge in [0.15, 0.2) is 0 Å². The van der Waals surface area contributed by atoms with Gasteiger partial charge in [0.25, 0.3) is 0 Å². The van der Waals surface area contributed by atoms with Crippen molar-refractivity contribution in [3.8, 4) is 5.75 Å². The van der Waals surface area contributed by atoms with Crippen LogP contribution in [0.2, 0.25) is 0 Å². The average molecular weight is 220 g/mol. The molecule has 1 fully saturated rings. The number of hydrogen-bond donors (Lipinski definition) is 1. The Balaban J connectivity index is 2.01. The van der Waals surface area contributed by atoms with Crippen molar-refractivity contribution in [3.63, 3.8) is 0 Å². The minimum absolute atomic E-state index is 0.657. The molecule has 1 atom stereocenters. The van der Waals surface area contributed by atoms with Crippen molar-refractivity contribution in [1.29, 1.82) is 0 Å². The van der Waals surface area contributed by atoms with Gasteiger partial charge in [-0.25, -0.2) is 0 Å². The van der Waals surface area contributed by atoms with Crippen molar-refractivity contribution in [1.82, 2.24) is 10.2 Å². The van der Waals surface area contributed by atoms with E-state index >= 15 is 0 Å². The minimum atomic E-state index is 0.657. The van der Waals surface area contributed by atoms with Gasteiger partial charge in [-0.1, -0.05) is 18.2 Å². The second-order valence-corrected chi connectivity index (χ2v) is 4.37. The van der Waals surface area contributed by atoms with Crippen LogP contribution < -0.4 is 10.1 Å². The summed E-state index contributed by atoms with van der Waals surface area (Å²) in [7, 11) is 3.92. The van der Waals surface area contributed by atoms with Crippen molar-refractivity contribution in [3.05, 3.63) is 29.8 Å². The fourth-order valence-electron chi connectivity index (χ4n) is 2.25. The van der Waals surface area contributed by atoms with Crippen LogP contribution in [0.5, 0.6) is 5.75 Å². The fourth-order valence-corrected chi connectivity index (χ4v) is 2.25. The van der Waals surface area contributed by atoms with Crippen LogP contribution in [0.15, 0.2) is 24.3 Å². The van der Waals surface area contributed by atoms with Gasteiger partial charge in [0.2, 0.25) is 0 Å². The lowest BCUT2D eigenvalue weighted by atomic mass is 10.1. The van der Waals surface area contributed by atoms with Crippen LogP contribution in [0.1, 0.15) is 12.0 Å². The van der Waals surface area contributed by atoms with Crippen molar-refractivity contribution >= 4 is 0 Å². The molecule has 1 aliphatic heterocycles. The first-order valence-corrected chi connectivity index (χ1v) is 5.84. The predicted molar refractivity (Wildman–Crippen MR) is 65.7 cm³/mol. The number of ether oxygens (including phenoxy) is 1. The maximum Gasteiger partial charge on any atom is 0.123 e. The summed E-state index contributed by atoms with van der Waals surface area (Å²) in [6, 6.07) is 8.90. The molecule has 1 heterocycles. The van der Waals surface area contributed by atoms with Crippen LogP contribution in [-0.4, -0.2) is 38.2 Å². The molecule has 0 saturated carbocycles. The van der Waals surface area contributed by atoms with Crippen LogP contribution >= 0.6 is 0 Å². The summed E-state index contributed by atoms with van der Waals surface area (Å²) in [5, 5.41) is 3.39. The molecule has 0 bridgehead atoms. The molecule has 1 aromatic rings. The summed E-state index contributed by atoms with van der Waals surface area (Å²) in [4.78, 5) is 2.40. The third-order valence-electron chi connectivity index (χ3n) is 3.27. The summed E-state index contributed by atoms with van der Waals surface area (Å²) in [6.07, 6.45) is 1.24. The molecular weight excluding hydrogens is 200 g/mol. The molecule has 1 unspecified atom stereocenters. The number of benzene rings is 1. The smallest absolute Gasteiger partial charge is 0.123 e. The van der Waals surface area contributed by atoms with Gasteiger partial charge in [-0.2, -0.15) is 0 Å². The highest BCUT2D eigenvalue weighted by Gasteiger charge is 2.19. The molecule has 0 spiro atoms. The highest BCUT2D eigenvalue weighted by Crippen LogP contribution is 2.20. The molecule has 3 heteroatoms. The van der Waals surface area contributed by atoms with Gasteiger partial charge in [-0.05, 0) is 26.1 Å². The Morgan fingerprint density at radius 3 is 2.94 bits per heavy atom. The molecule has 0 aliphatic carbocycles. The van der Waals surface area contributed by atoms with Crippen LogP contribution in [0.25, 0.3) is 0 Å². The number of nitrogens with zero attached hydrogens (tertiary/aromatic N) is 1. The molecule has 3 nitrogen and oxygen atoms in total. The van der Waals surface area contributed by atoms with Crippen LogP contribution in [0.4, 0.5) is 0 Å². The maximum absolute atomic E-state index is 5.37. The molecule has 1 aliphatic rings. The van der Waals surface area contributed by atoms with E-state index in [9.17, 15) is 0 Å². The predicted octanol–water partition coefficient (Wildman–Crippen LogP) is 1.49. The first-order chi connectivity index (χ1) is 7.81. The SMILES string of the molecule is COc1ccccc1CN(C)C1CCNC1. The van der Waals surface area contributed by atoms with Gasteiger partial charge >= 0.3 is 0 Å². The van der Waals surface area contributed by atoms with Gasteiger partial charge in [0.05, 0.1) is 7.11 Å². The molecule has 1 N–H and O–H groups in total. The summed E-state index contributed by atoms with van der Waals surface area (Å²) in [5.41, 5.74) is 1.26. The zero-order chi connectivity index (χ0) is 11.4. The number of para-hydroxylation sites is 1.